The largest absolute Gasteiger partial charge is 0.373 e. The van der Waals surface area contributed by atoms with Gasteiger partial charge >= 0.3 is 0 Å². The predicted molar refractivity (Wildman–Crippen MR) is 90.5 cm³/mol. The Morgan fingerprint density at radius 3 is 2.83 bits per heavy atom. The molecule has 3 heterocycles. The molecule has 0 bridgehead atoms. The number of carbonyl (C=O) groups excluding carboxylic acids is 1. The molecular weight excluding hydrogens is 312 g/mol. The number of nitrogens with two attached hydrogens (primary N) is 1. The van der Waals surface area contributed by atoms with Gasteiger partial charge in [-0.1, -0.05) is 0 Å². The zero-order chi connectivity index (χ0) is 16.4. The zero-order valence-corrected chi connectivity index (χ0v) is 14.7. The fraction of sp³-hybridized carbons (Fsp3) is 0.750. The fourth-order valence-corrected chi connectivity index (χ4v) is 4.32. The highest BCUT2D eigenvalue weighted by Gasteiger charge is 2.33. The Hall–Kier alpha value is -1.02. The van der Waals surface area contributed by atoms with E-state index in [4.69, 9.17) is 10.5 Å². The molecule has 2 saturated heterocycles. The second-order valence-corrected chi connectivity index (χ2v) is 7.54. The highest BCUT2D eigenvalue weighted by Crippen LogP contribution is 2.23. The van der Waals surface area contributed by atoms with Gasteiger partial charge in [-0.15, -0.1) is 11.3 Å². The number of ether oxygens (including phenoxy) is 1. The summed E-state index contributed by atoms with van der Waals surface area (Å²) in [4.78, 5) is 21.5. The monoisotopic (exact) mass is 338 g/mol. The Balaban J connectivity index is 1.64. The average Bonchev–Trinajstić information content (AvgIpc) is 3.14. The molecule has 1 aromatic rings. The summed E-state index contributed by atoms with van der Waals surface area (Å²) >= 11 is 1.46. The van der Waals surface area contributed by atoms with Gasteiger partial charge in [0.25, 0.3) is 5.91 Å². The van der Waals surface area contributed by atoms with Gasteiger partial charge in [0, 0.05) is 44.1 Å². The van der Waals surface area contributed by atoms with E-state index < -0.39 is 0 Å². The molecule has 2 aliphatic rings. The number of carbonyl (C=O) groups is 1. The standard InChI is InChI=1S/C16H26N4O2S/c1-11-7-19(8-12(2)22-11)9-13-4-3-5-20(13)16(21)14-10-23-15(6-17)18-14/h10-13H,3-9,17H2,1-2H3/t11-,12+,13-/m0/s1. The van der Waals surface area contributed by atoms with Crippen LogP contribution in [0.25, 0.3) is 0 Å². The van der Waals surface area contributed by atoms with E-state index in [1.165, 1.54) is 11.3 Å². The third-order valence-corrected chi connectivity index (χ3v) is 5.42. The minimum absolute atomic E-state index is 0.0535. The zero-order valence-electron chi connectivity index (χ0n) is 13.9. The van der Waals surface area contributed by atoms with Gasteiger partial charge in [0.2, 0.25) is 0 Å². The normalized spacial score (nSPS) is 29.2. The first-order valence-corrected chi connectivity index (χ1v) is 9.28. The highest BCUT2D eigenvalue weighted by molar-refractivity contribution is 7.09. The van der Waals surface area contributed by atoms with Crippen LogP contribution < -0.4 is 5.73 Å². The van der Waals surface area contributed by atoms with E-state index >= 15 is 0 Å². The molecule has 128 valence electrons. The fourth-order valence-electron chi connectivity index (χ4n) is 3.67. The smallest absolute Gasteiger partial charge is 0.273 e. The Labute approximate surface area is 141 Å². The summed E-state index contributed by atoms with van der Waals surface area (Å²) < 4.78 is 5.80. The minimum Gasteiger partial charge on any atom is -0.373 e. The maximum Gasteiger partial charge on any atom is 0.273 e. The van der Waals surface area contributed by atoms with Gasteiger partial charge in [0.1, 0.15) is 10.7 Å². The first-order valence-electron chi connectivity index (χ1n) is 8.40. The van der Waals surface area contributed by atoms with Crippen molar-refractivity contribution in [1.82, 2.24) is 14.8 Å². The third kappa shape index (κ3) is 3.91. The number of aromatic nitrogens is 1. The van der Waals surface area contributed by atoms with Crippen LogP contribution in [0.2, 0.25) is 0 Å². The van der Waals surface area contributed by atoms with E-state index in [0.717, 1.165) is 44.0 Å². The van der Waals surface area contributed by atoms with Crippen LogP contribution in [0.4, 0.5) is 0 Å². The number of nitrogens with zero attached hydrogens (tertiary/aromatic N) is 3. The molecule has 2 fully saturated rings. The predicted octanol–water partition coefficient (Wildman–Crippen LogP) is 1.32. The van der Waals surface area contributed by atoms with Crippen molar-refractivity contribution in [2.24, 2.45) is 5.73 Å². The first kappa shape index (κ1) is 16.8. The van der Waals surface area contributed by atoms with Crippen molar-refractivity contribution < 1.29 is 9.53 Å². The number of morpholine rings is 1. The van der Waals surface area contributed by atoms with Crippen LogP contribution in [-0.2, 0) is 11.3 Å². The van der Waals surface area contributed by atoms with Gasteiger partial charge in [-0.3, -0.25) is 9.69 Å². The summed E-state index contributed by atoms with van der Waals surface area (Å²) in [6.07, 6.45) is 2.66. The Morgan fingerprint density at radius 1 is 1.43 bits per heavy atom. The SMILES string of the molecule is C[C@@H]1CN(C[C@@H]2CCCN2C(=O)c2csc(CN)n2)C[C@H](C)O1. The number of thiazole rings is 1. The first-order chi connectivity index (χ1) is 11.1. The molecule has 2 N–H and O–H groups in total. The van der Waals surface area contributed by atoms with E-state index in [1.54, 1.807) is 0 Å². The molecule has 0 spiro atoms. The van der Waals surface area contributed by atoms with Crippen molar-refractivity contribution in [2.45, 2.75) is 51.5 Å². The van der Waals surface area contributed by atoms with E-state index in [-0.39, 0.29) is 24.2 Å². The van der Waals surface area contributed by atoms with E-state index in [2.05, 4.69) is 23.7 Å². The molecule has 1 aromatic heterocycles. The Bertz CT molecular complexity index is 540. The second kappa shape index (κ2) is 7.25. The van der Waals surface area contributed by atoms with E-state index in [1.807, 2.05) is 10.3 Å². The summed E-state index contributed by atoms with van der Waals surface area (Å²) in [5, 5.41) is 2.65. The van der Waals surface area contributed by atoms with Gasteiger partial charge in [-0.25, -0.2) is 4.98 Å². The van der Waals surface area contributed by atoms with Crippen LogP contribution in [0.5, 0.6) is 0 Å². The maximum atomic E-state index is 12.7. The van der Waals surface area contributed by atoms with Crippen molar-refractivity contribution in [1.29, 1.82) is 0 Å². The summed E-state index contributed by atoms with van der Waals surface area (Å²) in [5.41, 5.74) is 6.15. The number of hydrogen-bond donors (Lipinski definition) is 1. The topological polar surface area (TPSA) is 71.7 Å². The molecule has 3 atom stereocenters. The van der Waals surface area contributed by atoms with Crippen molar-refractivity contribution in [3.63, 3.8) is 0 Å². The molecule has 3 rings (SSSR count). The molecule has 2 aliphatic heterocycles. The second-order valence-electron chi connectivity index (χ2n) is 6.60. The molecule has 1 amide bonds. The number of rotatable bonds is 4. The van der Waals surface area contributed by atoms with E-state index in [0.29, 0.717) is 12.2 Å². The van der Waals surface area contributed by atoms with Crippen LogP contribution in [-0.4, -0.2) is 65.1 Å². The lowest BCUT2D eigenvalue weighted by Gasteiger charge is -2.38. The molecule has 0 saturated carbocycles. The van der Waals surface area contributed by atoms with Crippen molar-refractivity contribution in [3.05, 3.63) is 16.1 Å². The molecule has 0 unspecified atom stereocenters. The summed E-state index contributed by atoms with van der Waals surface area (Å²) in [6.45, 7) is 8.26. The van der Waals surface area contributed by atoms with Crippen LogP contribution in [0.15, 0.2) is 5.38 Å². The molecule has 23 heavy (non-hydrogen) atoms. The third-order valence-electron chi connectivity index (χ3n) is 4.55. The van der Waals surface area contributed by atoms with Gasteiger partial charge < -0.3 is 15.4 Å². The van der Waals surface area contributed by atoms with Gasteiger partial charge in [0.15, 0.2) is 0 Å². The van der Waals surface area contributed by atoms with Crippen LogP contribution >= 0.6 is 11.3 Å². The summed E-state index contributed by atoms with van der Waals surface area (Å²) in [6, 6.07) is 0.281. The molecular formula is C16H26N4O2S. The van der Waals surface area contributed by atoms with Crippen molar-refractivity contribution in [2.75, 3.05) is 26.2 Å². The number of amides is 1. The van der Waals surface area contributed by atoms with Gasteiger partial charge in [-0.2, -0.15) is 0 Å². The van der Waals surface area contributed by atoms with Crippen molar-refractivity contribution in [3.8, 4) is 0 Å². The van der Waals surface area contributed by atoms with Crippen LogP contribution in [0.1, 0.15) is 42.2 Å². The quantitative estimate of drug-likeness (QED) is 0.896. The van der Waals surface area contributed by atoms with E-state index in [9.17, 15) is 4.79 Å². The lowest BCUT2D eigenvalue weighted by Crippen LogP contribution is -2.51. The van der Waals surface area contributed by atoms with Crippen LogP contribution in [0, 0.1) is 0 Å². The minimum atomic E-state index is 0.0535. The lowest BCUT2D eigenvalue weighted by atomic mass is 10.1. The van der Waals surface area contributed by atoms with Crippen molar-refractivity contribution >= 4 is 17.2 Å². The van der Waals surface area contributed by atoms with Gasteiger partial charge in [-0.05, 0) is 26.7 Å². The van der Waals surface area contributed by atoms with Gasteiger partial charge in [0.05, 0.1) is 12.2 Å². The molecule has 0 aliphatic carbocycles. The molecule has 0 aromatic carbocycles. The highest BCUT2D eigenvalue weighted by atomic mass is 32.1. The number of likely N-dealkylation sites (tertiary alicyclic amines) is 1. The molecule has 0 radical (unpaired) electrons. The Kier molecular flexibility index (Phi) is 5.31. The summed E-state index contributed by atoms with van der Waals surface area (Å²) in [7, 11) is 0. The lowest BCUT2D eigenvalue weighted by molar-refractivity contribution is -0.0715. The molecule has 7 heteroatoms. The molecule has 6 nitrogen and oxygen atoms in total. The Morgan fingerprint density at radius 2 is 2.17 bits per heavy atom. The maximum absolute atomic E-state index is 12.7. The van der Waals surface area contributed by atoms with Crippen LogP contribution in [0.3, 0.4) is 0 Å². The summed E-state index contributed by atoms with van der Waals surface area (Å²) in [5.74, 6) is 0.0535. The number of hydrogen-bond acceptors (Lipinski definition) is 6. The average molecular weight is 338 g/mol.